The highest BCUT2D eigenvalue weighted by atomic mass is 16.4. The van der Waals surface area contributed by atoms with Gasteiger partial charge in [-0.05, 0) is 36.5 Å². The summed E-state index contributed by atoms with van der Waals surface area (Å²) in [4.78, 5) is 13.7. The van der Waals surface area contributed by atoms with E-state index in [4.69, 9.17) is 0 Å². The summed E-state index contributed by atoms with van der Waals surface area (Å²) >= 11 is 0. The van der Waals surface area contributed by atoms with Crippen LogP contribution in [-0.4, -0.2) is 24.7 Å². The number of carboxylic acids is 1. The molecule has 3 nitrogen and oxygen atoms in total. The Kier molecular flexibility index (Phi) is 2.18. The van der Waals surface area contributed by atoms with Crippen LogP contribution in [0.3, 0.4) is 0 Å². The van der Waals surface area contributed by atoms with Crippen LogP contribution >= 0.6 is 0 Å². The number of rotatable bonds is 2. The first-order valence-electron chi connectivity index (χ1n) is 6.21. The highest BCUT2D eigenvalue weighted by Crippen LogP contribution is 2.45. The van der Waals surface area contributed by atoms with Crippen molar-refractivity contribution in [3.05, 3.63) is 29.3 Å². The molecule has 0 spiro atoms. The number of nitrogens with zero attached hydrogens (tertiary/aromatic N) is 1. The van der Waals surface area contributed by atoms with Crippen molar-refractivity contribution < 1.29 is 9.90 Å². The number of aliphatic carboxylic acids is 1. The SMILES string of the molecule is CN1CCc2cc(C3(C(=O)O)CCC3)ccc21. The maximum absolute atomic E-state index is 11.5. The number of carbonyl (C=O) groups is 1. The summed E-state index contributed by atoms with van der Waals surface area (Å²) in [6, 6.07) is 6.21. The van der Waals surface area contributed by atoms with Gasteiger partial charge >= 0.3 is 5.97 Å². The molecule has 1 aliphatic heterocycles. The van der Waals surface area contributed by atoms with Crippen LogP contribution in [0.15, 0.2) is 18.2 Å². The Morgan fingerprint density at radius 1 is 1.41 bits per heavy atom. The fourth-order valence-electron chi connectivity index (χ4n) is 3.02. The molecule has 1 fully saturated rings. The van der Waals surface area contributed by atoms with Crippen LogP contribution in [0.25, 0.3) is 0 Å². The van der Waals surface area contributed by atoms with Crippen LogP contribution < -0.4 is 4.90 Å². The van der Waals surface area contributed by atoms with Gasteiger partial charge in [0.05, 0.1) is 5.41 Å². The van der Waals surface area contributed by atoms with Crippen LogP contribution in [-0.2, 0) is 16.6 Å². The molecule has 3 heteroatoms. The minimum absolute atomic E-state index is 0.587. The van der Waals surface area contributed by atoms with Gasteiger partial charge in [-0.2, -0.15) is 0 Å². The Labute approximate surface area is 101 Å². The van der Waals surface area contributed by atoms with Gasteiger partial charge in [0.1, 0.15) is 0 Å². The molecule has 1 aromatic carbocycles. The van der Waals surface area contributed by atoms with Gasteiger partial charge in [-0.25, -0.2) is 0 Å². The van der Waals surface area contributed by atoms with E-state index >= 15 is 0 Å². The van der Waals surface area contributed by atoms with Gasteiger partial charge in [0, 0.05) is 19.3 Å². The summed E-state index contributed by atoms with van der Waals surface area (Å²) < 4.78 is 0. The Morgan fingerprint density at radius 2 is 2.18 bits per heavy atom. The molecule has 1 aliphatic carbocycles. The van der Waals surface area contributed by atoms with Crippen molar-refractivity contribution in [2.24, 2.45) is 0 Å². The monoisotopic (exact) mass is 231 g/mol. The van der Waals surface area contributed by atoms with Crippen LogP contribution in [0.5, 0.6) is 0 Å². The summed E-state index contributed by atoms with van der Waals surface area (Å²) in [5.74, 6) is -0.657. The predicted molar refractivity (Wildman–Crippen MR) is 66.6 cm³/mol. The maximum Gasteiger partial charge on any atom is 0.314 e. The van der Waals surface area contributed by atoms with Gasteiger partial charge in [-0.1, -0.05) is 18.6 Å². The summed E-state index contributed by atoms with van der Waals surface area (Å²) in [5, 5.41) is 9.43. The van der Waals surface area contributed by atoms with Crippen molar-refractivity contribution >= 4 is 11.7 Å². The average Bonchev–Trinajstić information content (AvgIpc) is 2.58. The Morgan fingerprint density at radius 3 is 2.76 bits per heavy atom. The smallest absolute Gasteiger partial charge is 0.314 e. The van der Waals surface area contributed by atoms with E-state index in [1.807, 2.05) is 6.07 Å². The molecule has 0 amide bonds. The first-order chi connectivity index (χ1) is 8.13. The first kappa shape index (κ1) is 10.6. The molecule has 0 atom stereocenters. The normalized spacial score (nSPS) is 20.9. The van der Waals surface area contributed by atoms with E-state index in [0.717, 1.165) is 37.8 Å². The van der Waals surface area contributed by atoms with E-state index in [-0.39, 0.29) is 0 Å². The molecule has 2 aliphatic rings. The van der Waals surface area contributed by atoms with Crippen molar-refractivity contribution in [3.8, 4) is 0 Å². The average molecular weight is 231 g/mol. The molecule has 0 aromatic heterocycles. The summed E-state index contributed by atoms with van der Waals surface area (Å²) in [7, 11) is 2.09. The highest BCUT2D eigenvalue weighted by molar-refractivity contribution is 5.83. The van der Waals surface area contributed by atoms with Crippen LogP contribution in [0.4, 0.5) is 5.69 Å². The molecule has 17 heavy (non-hydrogen) atoms. The molecular formula is C14H17NO2. The maximum atomic E-state index is 11.5. The lowest BCUT2D eigenvalue weighted by Gasteiger charge is -2.38. The van der Waals surface area contributed by atoms with Crippen LogP contribution in [0, 0.1) is 0 Å². The number of hydrogen-bond acceptors (Lipinski definition) is 2. The lowest BCUT2D eigenvalue weighted by atomic mass is 9.64. The summed E-state index contributed by atoms with van der Waals surface area (Å²) in [6.45, 7) is 1.04. The van der Waals surface area contributed by atoms with E-state index in [1.54, 1.807) is 0 Å². The van der Waals surface area contributed by atoms with Gasteiger partial charge in [0.2, 0.25) is 0 Å². The van der Waals surface area contributed by atoms with Crippen molar-refractivity contribution in [1.29, 1.82) is 0 Å². The number of fused-ring (bicyclic) bond motifs is 1. The molecule has 0 bridgehead atoms. The number of likely N-dealkylation sites (N-methyl/N-ethyl adjacent to an activating group) is 1. The van der Waals surface area contributed by atoms with E-state index in [9.17, 15) is 9.90 Å². The molecule has 0 radical (unpaired) electrons. The fraction of sp³-hybridized carbons (Fsp3) is 0.500. The van der Waals surface area contributed by atoms with Crippen LogP contribution in [0.2, 0.25) is 0 Å². The largest absolute Gasteiger partial charge is 0.481 e. The van der Waals surface area contributed by atoms with E-state index in [1.165, 1.54) is 11.3 Å². The summed E-state index contributed by atoms with van der Waals surface area (Å²) in [5.41, 5.74) is 2.98. The third-order valence-electron chi connectivity index (χ3n) is 4.38. The lowest BCUT2D eigenvalue weighted by Crippen LogP contribution is -2.42. The minimum atomic E-state index is -0.657. The Bertz CT molecular complexity index is 477. The predicted octanol–water partition coefficient (Wildman–Crippen LogP) is 2.19. The van der Waals surface area contributed by atoms with Gasteiger partial charge in [0.25, 0.3) is 0 Å². The molecule has 1 N–H and O–H groups in total. The first-order valence-corrected chi connectivity index (χ1v) is 6.21. The molecule has 0 unspecified atom stereocenters. The minimum Gasteiger partial charge on any atom is -0.481 e. The van der Waals surface area contributed by atoms with Gasteiger partial charge in [0.15, 0.2) is 0 Å². The van der Waals surface area contributed by atoms with Gasteiger partial charge in [-0.15, -0.1) is 0 Å². The van der Waals surface area contributed by atoms with E-state index < -0.39 is 11.4 Å². The van der Waals surface area contributed by atoms with Crippen molar-refractivity contribution in [2.75, 3.05) is 18.5 Å². The van der Waals surface area contributed by atoms with E-state index in [2.05, 4.69) is 24.1 Å². The zero-order chi connectivity index (χ0) is 12.0. The molecular weight excluding hydrogens is 214 g/mol. The number of carboxylic acid groups (broad SMARTS) is 1. The number of hydrogen-bond donors (Lipinski definition) is 1. The van der Waals surface area contributed by atoms with Crippen molar-refractivity contribution in [2.45, 2.75) is 31.1 Å². The second-order valence-corrected chi connectivity index (χ2v) is 5.26. The second-order valence-electron chi connectivity index (χ2n) is 5.26. The molecule has 3 rings (SSSR count). The standard InChI is InChI=1S/C14H17NO2/c1-15-8-5-10-9-11(3-4-12(10)15)14(13(16)17)6-2-7-14/h3-4,9H,2,5-8H2,1H3,(H,16,17). The molecule has 1 heterocycles. The Balaban J connectivity index is 2.02. The topological polar surface area (TPSA) is 40.5 Å². The lowest BCUT2D eigenvalue weighted by molar-refractivity contribution is -0.147. The highest BCUT2D eigenvalue weighted by Gasteiger charge is 2.46. The van der Waals surface area contributed by atoms with Gasteiger partial charge < -0.3 is 10.0 Å². The molecule has 0 saturated heterocycles. The van der Waals surface area contributed by atoms with Gasteiger partial charge in [-0.3, -0.25) is 4.79 Å². The van der Waals surface area contributed by atoms with E-state index in [0.29, 0.717) is 0 Å². The third-order valence-corrected chi connectivity index (χ3v) is 4.38. The number of benzene rings is 1. The Hall–Kier alpha value is -1.51. The number of anilines is 1. The van der Waals surface area contributed by atoms with Crippen LogP contribution in [0.1, 0.15) is 30.4 Å². The second kappa shape index (κ2) is 3.49. The molecule has 90 valence electrons. The summed E-state index contributed by atoms with van der Waals surface area (Å²) in [6.07, 6.45) is 3.65. The van der Waals surface area contributed by atoms with Crippen molar-refractivity contribution in [3.63, 3.8) is 0 Å². The molecule has 1 aromatic rings. The quantitative estimate of drug-likeness (QED) is 0.848. The fourth-order valence-corrected chi connectivity index (χ4v) is 3.02. The zero-order valence-electron chi connectivity index (χ0n) is 10.1. The molecule has 1 saturated carbocycles. The third kappa shape index (κ3) is 1.38. The zero-order valence-corrected chi connectivity index (χ0v) is 10.1. The van der Waals surface area contributed by atoms with Crippen molar-refractivity contribution in [1.82, 2.24) is 0 Å².